The maximum atomic E-state index is 13.9. The number of hydrogen-bond acceptors (Lipinski definition) is 1. The smallest absolute Gasteiger partial charge is 0.126 e. The zero-order chi connectivity index (χ0) is 13.6. The summed E-state index contributed by atoms with van der Waals surface area (Å²) in [5, 5.41) is 3.34. The van der Waals surface area contributed by atoms with Crippen LogP contribution in [-0.4, -0.2) is 13.1 Å². The van der Waals surface area contributed by atoms with E-state index in [0.29, 0.717) is 5.41 Å². The van der Waals surface area contributed by atoms with Crippen LogP contribution in [0, 0.1) is 11.2 Å². The van der Waals surface area contributed by atoms with Crippen molar-refractivity contribution >= 4 is 0 Å². The summed E-state index contributed by atoms with van der Waals surface area (Å²) in [6.45, 7) is 10.6. The van der Waals surface area contributed by atoms with Crippen LogP contribution in [0.5, 0.6) is 0 Å². The van der Waals surface area contributed by atoms with Crippen LogP contribution in [0.15, 0.2) is 24.3 Å². The first-order valence-corrected chi connectivity index (χ1v) is 6.89. The maximum Gasteiger partial charge on any atom is 0.126 e. The first kappa shape index (κ1) is 15.2. The van der Waals surface area contributed by atoms with Gasteiger partial charge in [-0.25, -0.2) is 4.39 Å². The van der Waals surface area contributed by atoms with Gasteiger partial charge in [0.2, 0.25) is 0 Å². The Labute approximate surface area is 111 Å². The van der Waals surface area contributed by atoms with Crippen LogP contribution in [-0.2, 0) is 0 Å². The van der Waals surface area contributed by atoms with Crippen LogP contribution < -0.4 is 5.32 Å². The average Bonchev–Trinajstić information content (AvgIpc) is 2.29. The van der Waals surface area contributed by atoms with Crippen LogP contribution in [0.1, 0.15) is 52.0 Å². The fourth-order valence-corrected chi connectivity index (χ4v) is 2.10. The Balaban J connectivity index is 2.75. The second-order valence-electron chi connectivity index (χ2n) is 6.13. The van der Waals surface area contributed by atoms with Gasteiger partial charge in [0.25, 0.3) is 0 Å². The van der Waals surface area contributed by atoms with E-state index in [0.717, 1.165) is 31.5 Å². The molecule has 0 radical (unpaired) electrons. The van der Waals surface area contributed by atoms with Crippen LogP contribution >= 0.6 is 0 Å². The van der Waals surface area contributed by atoms with Crippen molar-refractivity contribution in [3.8, 4) is 0 Å². The van der Waals surface area contributed by atoms with E-state index in [9.17, 15) is 4.39 Å². The minimum absolute atomic E-state index is 0.0747. The van der Waals surface area contributed by atoms with E-state index in [4.69, 9.17) is 0 Å². The van der Waals surface area contributed by atoms with Crippen LogP contribution in [0.3, 0.4) is 0 Å². The Morgan fingerprint density at radius 3 is 2.44 bits per heavy atom. The largest absolute Gasteiger partial charge is 0.316 e. The van der Waals surface area contributed by atoms with E-state index < -0.39 is 0 Å². The molecule has 0 aliphatic heterocycles. The summed E-state index contributed by atoms with van der Waals surface area (Å²) in [6, 6.07) is 7.16. The molecule has 0 heterocycles. The fraction of sp³-hybridized carbons (Fsp3) is 0.625. The van der Waals surface area contributed by atoms with Crippen molar-refractivity contribution in [3.63, 3.8) is 0 Å². The highest BCUT2D eigenvalue weighted by atomic mass is 19.1. The summed E-state index contributed by atoms with van der Waals surface area (Å²) in [5.74, 6) is 0.194. The summed E-state index contributed by atoms with van der Waals surface area (Å²) < 4.78 is 13.9. The summed E-state index contributed by atoms with van der Waals surface area (Å²) in [5.41, 5.74) is 1.15. The van der Waals surface area contributed by atoms with Crippen LogP contribution in [0.25, 0.3) is 0 Å². The van der Waals surface area contributed by atoms with Gasteiger partial charge in [-0.2, -0.15) is 0 Å². The summed E-state index contributed by atoms with van der Waals surface area (Å²) in [4.78, 5) is 0. The van der Waals surface area contributed by atoms with Crippen molar-refractivity contribution in [1.82, 2.24) is 5.32 Å². The second kappa shape index (κ2) is 6.89. The van der Waals surface area contributed by atoms with Crippen molar-refractivity contribution in [3.05, 3.63) is 35.6 Å². The molecule has 1 aromatic rings. The molecule has 1 N–H and O–H groups in total. The van der Waals surface area contributed by atoms with Crippen LogP contribution in [0.4, 0.5) is 4.39 Å². The third kappa shape index (κ3) is 5.18. The number of nitrogens with one attached hydrogen (secondary N) is 1. The Hall–Kier alpha value is -0.890. The van der Waals surface area contributed by atoms with E-state index in [1.807, 2.05) is 12.1 Å². The van der Waals surface area contributed by atoms with Gasteiger partial charge >= 0.3 is 0 Å². The van der Waals surface area contributed by atoms with E-state index in [1.54, 1.807) is 12.1 Å². The molecule has 0 fully saturated rings. The Bertz CT molecular complexity index is 354. The third-order valence-electron chi connectivity index (χ3n) is 3.23. The molecule has 0 amide bonds. The lowest BCUT2D eigenvalue weighted by Gasteiger charge is -2.24. The number of benzene rings is 1. The van der Waals surface area contributed by atoms with Gasteiger partial charge < -0.3 is 5.32 Å². The average molecular weight is 251 g/mol. The number of likely N-dealkylation sites (N-methyl/N-ethyl adjacent to an activating group) is 1. The Morgan fingerprint density at radius 2 is 1.89 bits per heavy atom. The number of rotatable bonds is 6. The SMILES string of the molecule is CCNCC(CCC(C)(C)C)c1ccccc1F. The standard InChI is InChI=1S/C16H26FN/c1-5-18-12-13(10-11-16(2,3)4)14-8-6-7-9-15(14)17/h6-9,13,18H,5,10-12H2,1-4H3. The molecule has 102 valence electrons. The van der Waals surface area contributed by atoms with Crippen molar-refractivity contribution in [1.29, 1.82) is 0 Å². The monoisotopic (exact) mass is 251 g/mol. The lowest BCUT2D eigenvalue weighted by molar-refractivity contribution is 0.342. The summed E-state index contributed by atoms with van der Waals surface area (Å²) >= 11 is 0. The highest BCUT2D eigenvalue weighted by Crippen LogP contribution is 2.29. The summed E-state index contributed by atoms with van der Waals surface area (Å²) in [7, 11) is 0. The number of halogens is 1. The van der Waals surface area contributed by atoms with Gasteiger partial charge in [-0.05, 0) is 42.3 Å². The normalized spacial score (nSPS) is 13.6. The molecule has 1 nitrogen and oxygen atoms in total. The van der Waals surface area contributed by atoms with Gasteiger partial charge in [-0.3, -0.25) is 0 Å². The lowest BCUT2D eigenvalue weighted by Crippen LogP contribution is -2.23. The van der Waals surface area contributed by atoms with Crippen molar-refractivity contribution < 1.29 is 4.39 Å². The highest BCUT2D eigenvalue weighted by Gasteiger charge is 2.18. The third-order valence-corrected chi connectivity index (χ3v) is 3.23. The molecule has 0 aliphatic carbocycles. The molecule has 2 heteroatoms. The molecule has 0 spiro atoms. The van der Waals surface area contributed by atoms with E-state index in [1.165, 1.54) is 0 Å². The predicted molar refractivity (Wildman–Crippen MR) is 76.4 cm³/mol. The quantitative estimate of drug-likeness (QED) is 0.792. The molecular formula is C16H26FN. The zero-order valence-electron chi connectivity index (χ0n) is 12.1. The van der Waals surface area contributed by atoms with Gasteiger partial charge in [-0.1, -0.05) is 45.9 Å². The van der Waals surface area contributed by atoms with Crippen molar-refractivity contribution in [2.45, 2.75) is 46.5 Å². The molecule has 0 aromatic heterocycles. The molecule has 1 unspecified atom stereocenters. The minimum atomic E-state index is -0.0747. The van der Waals surface area contributed by atoms with E-state index >= 15 is 0 Å². The zero-order valence-corrected chi connectivity index (χ0v) is 12.1. The molecule has 0 saturated carbocycles. The minimum Gasteiger partial charge on any atom is -0.316 e. The van der Waals surface area contributed by atoms with Gasteiger partial charge in [0.05, 0.1) is 0 Å². The molecule has 18 heavy (non-hydrogen) atoms. The predicted octanol–water partition coefficient (Wildman–Crippen LogP) is 4.35. The molecule has 1 atom stereocenters. The molecule has 1 aromatic carbocycles. The first-order valence-electron chi connectivity index (χ1n) is 6.89. The van der Waals surface area contributed by atoms with Crippen molar-refractivity contribution in [2.75, 3.05) is 13.1 Å². The van der Waals surface area contributed by atoms with E-state index in [2.05, 4.69) is 33.0 Å². The van der Waals surface area contributed by atoms with Crippen LogP contribution in [0.2, 0.25) is 0 Å². The van der Waals surface area contributed by atoms with Gasteiger partial charge in [0, 0.05) is 6.54 Å². The lowest BCUT2D eigenvalue weighted by atomic mass is 9.84. The fourth-order valence-electron chi connectivity index (χ4n) is 2.10. The highest BCUT2D eigenvalue weighted by molar-refractivity contribution is 5.22. The number of hydrogen-bond donors (Lipinski definition) is 1. The van der Waals surface area contributed by atoms with Crippen molar-refractivity contribution in [2.24, 2.45) is 5.41 Å². The molecule has 0 saturated heterocycles. The molecular weight excluding hydrogens is 225 g/mol. The maximum absolute atomic E-state index is 13.9. The first-order chi connectivity index (χ1) is 8.44. The molecule has 0 aliphatic rings. The topological polar surface area (TPSA) is 12.0 Å². The van der Waals surface area contributed by atoms with Gasteiger partial charge in [-0.15, -0.1) is 0 Å². The van der Waals surface area contributed by atoms with Gasteiger partial charge in [0.1, 0.15) is 5.82 Å². The molecule has 0 bridgehead atoms. The Kier molecular flexibility index (Phi) is 5.80. The second-order valence-corrected chi connectivity index (χ2v) is 6.13. The van der Waals surface area contributed by atoms with Gasteiger partial charge in [0.15, 0.2) is 0 Å². The molecule has 1 rings (SSSR count). The Morgan fingerprint density at radius 1 is 1.22 bits per heavy atom. The summed E-state index contributed by atoms with van der Waals surface area (Å²) in [6.07, 6.45) is 2.13. The van der Waals surface area contributed by atoms with E-state index in [-0.39, 0.29) is 11.7 Å².